The van der Waals surface area contributed by atoms with Gasteiger partial charge in [0.05, 0.1) is 7.11 Å². The maximum atomic E-state index is 10.4. The van der Waals surface area contributed by atoms with Gasteiger partial charge >= 0.3 is 5.97 Å². The summed E-state index contributed by atoms with van der Waals surface area (Å²) in [5.41, 5.74) is 0. The molecule has 0 rings (SSSR count). The van der Waals surface area contributed by atoms with Crippen LogP contribution in [0.2, 0.25) is 0 Å². The summed E-state index contributed by atoms with van der Waals surface area (Å²) in [5, 5.41) is 0. The van der Waals surface area contributed by atoms with E-state index < -0.39 is 0 Å². The molecule has 0 aliphatic carbocycles. The molecule has 0 unspecified atom stereocenters. The van der Waals surface area contributed by atoms with Crippen molar-refractivity contribution in [3.63, 3.8) is 0 Å². The van der Waals surface area contributed by atoms with Crippen LogP contribution in [0.5, 0.6) is 0 Å². The molecule has 96 valence electrons. The van der Waals surface area contributed by atoms with Crippen LogP contribution in [0.1, 0.15) is 38.5 Å². The molecule has 0 amide bonds. The van der Waals surface area contributed by atoms with Gasteiger partial charge in [-0.2, -0.15) is 0 Å². The highest BCUT2D eigenvalue weighted by atomic mass is 35.5. The lowest BCUT2D eigenvalue weighted by atomic mass is 10.2. The van der Waals surface area contributed by atoms with Gasteiger partial charge in [0.1, 0.15) is 6.29 Å². The molecule has 0 aliphatic rings. The van der Waals surface area contributed by atoms with Crippen LogP contribution in [0.3, 0.4) is 0 Å². The molecule has 0 saturated carbocycles. The molecular weight excluding hydrogens is 251 g/mol. The van der Waals surface area contributed by atoms with Crippen molar-refractivity contribution < 1.29 is 14.3 Å². The number of aldehydes is 1. The van der Waals surface area contributed by atoms with Crippen LogP contribution >= 0.6 is 23.2 Å². The number of hydrogen-bond acceptors (Lipinski definition) is 3. The Kier molecular flexibility index (Phi) is 19.4. The fraction of sp³-hybridized carbons (Fsp3) is 0.818. The highest BCUT2D eigenvalue weighted by Gasteiger charge is 1.96. The van der Waals surface area contributed by atoms with E-state index in [2.05, 4.69) is 4.74 Å². The maximum absolute atomic E-state index is 10.4. The number of alkyl halides is 2. The van der Waals surface area contributed by atoms with Gasteiger partial charge in [-0.3, -0.25) is 4.79 Å². The van der Waals surface area contributed by atoms with Gasteiger partial charge in [-0.05, 0) is 25.7 Å². The summed E-state index contributed by atoms with van der Waals surface area (Å²) in [6.45, 7) is 0. The third kappa shape index (κ3) is 19.3. The largest absolute Gasteiger partial charge is 0.469 e. The third-order valence-corrected chi connectivity index (χ3v) is 2.23. The zero-order valence-corrected chi connectivity index (χ0v) is 11.2. The normalized spacial score (nSPS) is 8.94. The zero-order chi connectivity index (χ0) is 12.6. The number of hydrogen-bond donors (Lipinski definition) is 0. The van der Waals surface area contributed by atoms with Crippen LogP contribution in [0.4, 0.5) is 0 Å². The van der Waals surface area contributed by atoms with Crippen molar-refractivity contribution in [3.8, 4) is 0 Å². The minimum atomic E-state index is -0.153. The number of ether oxygens (including phenoxy) is 1. The molecule has 0 heterocycles. The number of methoxy groups -OCH3 is 1. The van der Waals surface area contributed by atoms with E-state index in [9.17, 15) is 9.59 Å². The molecule has 0 radical (unpaired) electrons. The van der Waals surface area contributed by atoms with Crippen molar-refractivity contribution in [3.05, 3.63) is 0 Å². The van der Waals surface area contributed by atoms with Gasteiger partial charge in [0.15, 0.2) is 0 Å². The van der Waals surface area contributed by atoms with Gasteiger partial charge in [0, 0.05) is 24.6 Å². The van der Waals surface area contributed by atoms with Crippen LogP contribution in [0, 0.1) is 0 Å². The van der Waals surface area contributed by atoms with Crippen LogP contribution in [0.25, 0.3) is 0 Å². The summed E-state index contributed by atoms with van der Waals surface area (Å²) in [7, 11) is 1.39. The molecule has 0 atom stereocenters. The van der Waals surface area contributed by atoms with Gasteiger partial charge in [-0.15, -0.1) is 23.2 Å². The predicted octanol–water partition coefficient (Wildman–Crippen LogP) is 3.16. The lowest BCUT2D eigenvalue weighted by molar-refractivity contribution is -0.140. The summed E-state index contributed by atoms with van der Waals surface area (Å²) in [4.78, 5) is 20.1. The zero-order valence-electron chi connectivity index (χ0n) is 9.71. The van der Waals surface area contributed by atoms with E-state index >= 15 is 0 Å². The number of unbranched alkanes of at least 4 members (excludes halogenated alkanes) is 3. The molecule has 5 heteroatoms. The van der Waals surface area contributed by atoms with E-state index in [1.54, 1.807) is 0 Å². The monoisotopic (exact) mass is 270 g/mol. The van der Waals surface area contributed by atoms with Gasteiger partial charge in [0.25, 0.3) is 0 Å². The Morgan fingerprint density at radius 1 is 1.12 bits per heavy atom. The second-order valence-corrected chi connectivity index (χ2v) is 3.83. The third-order valence-electron chi connectivity index (χ3n) is 1.70. The van der Waals surface area contributed by atoms with E-state index in [-0.39, 0.29) is 5.97 Å². The van der Waals surface area contributed by atoms with Crippen molar-refractivity contribution in [1.82, 2.24) is 0 Å². The fourth-order valence-corrected chi connectivity index (χ4v) is 1.17. The molecule has 0 fully saturated rings. The molecule has 3 nitrogen and oxygen atoms in total. The Morgan fingerprint density at radius 2 is 1.69 bits per heavy atom. The summed E-state index contributed by atoms with van der Waals surface area (Å²) in [6.07, 6.45) is 5.68. The summed E-state index contributed by atoms with van der Waals surface area (Å²) in [5.74, 6) is 1.14. The van der Waals surface area contributed by atoms with E-state index in [4.69, 9.17) is 23.2 Å². The average Bonchev–Trinajstić information content (AvgIpc) is 2.31. The second kappa shape index (κ2) is 17.1. The Hall–Kier alpha value is -0.280. The first-order valence-electron chi connectivity index (χ1n) is 5.35. The smallest absolute Gasteiger partial charge is 0.305 e. The van der Waals surface area contributed by atoms with Crippen molar-refractivity contribution in [2.45, 2.75) is 38.5 Å². The van der Waals surface area contributed by atoms with Crippen LogP contribution in [-0.2, 0) is 14.3 Å². The molecule has 0 N–H and O–H groups in total. The van der Waals surface area contributed by atoms with Crippen molar-refractivity contribution in [1.29, 1.82) is 0 Å². The Morgan fingerprint density at radius 3 is 2.12 bits per heavy atom. The van der Waals surface area contributed by atoms with Crippen molar-refractivity contribution in [2.24, 2.45) is 0 Å². The van der Waals surface area contributed by atoms with Gasteiger partial charge < -0.3 is 9.53 Å². The predicted molar refractivity (Wildman–Crippen MR) is 67.2 cm³/mol. The molecule has 16 heavy (non-hydrogen) atoms. The molecule has 0 aromatic rings. The summed E-state index contributed by atoms with van der Waals surface area (Å²) < 4.78 is 4.41. The van der Waals surface area contributed by atoms with E-state index in [1.807, 2.05) is 0 Å². The SMILES string of the molecule is COC(=O)CCCCCl.O=CCCCCCl. The van der Waals surface area contributed by atoms with Gasteiger partial charge in [-0.1, -0.05) is 0 Å². The minimum absolute atomic E-state index is 0.153. The van der Waals surface area contributed by atoms with E-state index in [1.165, 1.54) is 7.11 Å². The number of carbonyl (C=O) groups is 2. The highest BCUT2D eigenvalue weighted by molar-refractivity contribution is 6.18. The Bertz CT molecular complexity index is 163. The van der Waals surface area contributed by atoms with Crippen LogP contribution < -0.4 is 0 Å². The lowest BCUT2D eigenvalue weighted by Crippen LogP contribution is -1.99. The number of halogens is 2. The first kappa shape index (κ1) is 18.1. The summed E-state index contributed by atoms with van der Waals surface area (Å²) in [6, 6.07) is 0. The molecular formula is C11H20Cl2O3. The lowest BCUT2D eigenvalue weighted by Gasteiger charge is -1.95. The molecule has 0 aromatic heterocycles. The molecule has 0 spiro atoms. The van der Waals surface area contributed by atoms with Gasteiger partial charge in [-0.25, -0.2) is 0 Å². The quantitative estimate of drug-likeness (QED) is 0.295. The topological polar surface area (TPSA) is 43.4 Å². The van der Waals surface area contributed by atoms with E-state index in [0.717, 1.165) is 32.0 Å². The minimum Gasteiger partial charge on any atom is -0.469 e. The van der Waals surface area contributed by atoms with Crippen LogP contribution in [0.15, 0.2) is 0 Å². The number of esters is 1. The number of carbonyl (C=O) groups excluding carboxylic acids is 2. The molecule has 0 aliphatic heterocycles. The van der Waals surface area contributed by atoms with Crippen LogP contribution in [-0.4, -0.2) is 31.1 Å². The van der Waals surface area contributed by atoms with E-state index in [0.29, 0.717) is 24.6 Å². The fourth-order valence-electron chi connectivity index (χ4n) is 0.788. The first-order chi connectivity index (χ1) is 7.72. The summed E-state index contributed by atoms with van der Waals surface area (Å²) >= 11 is 10.7. The molecule has 0 saturated heterocycles. The number of rotatable bonds is 8. The first-order valence-corrected chi connectivity index (χ1v) is 6.42. The molecule has 0 aromatic carbocycles. The Labute approximate surface area is 107 Å². The van der Waals surface area contributed by atoms with Gasteiger partial charge in [0.2, 0.25) is 0 Å². The van der Waals surface area contributed by atoms with Crippen molar-refractivity contribution in [2.75, 3.05) is 18.9 Å². The second-order valence-electron chi connectivity index (χ2n) is 3.07. The standard InChI is InChI=1S/C6H11ClO2.C5H9ClO/c1-9-6(8)4-2-3-5-7;6-4-2-1-3-5-7/h2-5H2,1H3;5H,1-4H2. The van der Waals surface area contributed by atoms with Crippen molar-refractivity contribution >= 4 is 35.5 Å². The average molecular weight is 271 g/mol. The highest BCUT2D eigenvalue weighted by Crippen LogP contribution is 1.97. The maximum Gasteiger partial charge on any atom is 0.305 e. The molecule has 0 bridgehead atoms. The Balaban J connectivity index is 0.